The summed E-state index contributed by atoms with van der Waals surface area (Å²) in [6, 6.07) is 13.7. The van der Waals surface area contributed by atoms with Gasteiger partial charge in [-0.05, 0) is 30.7 Å². The Bertz CT molecular complexity index is 682. The Labute approximate surface area is 133 Å². The summed E-state index contributed by atoms with van der Waals surface area (Å²) in [4.78, 5) is 23.0. The highest BCUT2D eigenvalue weighted by molar-refractivity contribution is 6.31. The second-order valence-corrected chi connectivity index (χ2v) is 5.05. The van der Waals surface area contributed by atoms with Crippen LogP contribution in [-0.4, -0.2) is 18.4 Å². The maximum absolute atomic E-state index is 11.7. The first-order valence-corrected chi connectivity index (χ1v) is 7.07. The molecule has 0 aliphatic carbocycles. The topological polar surface area (TPSA) is 52.6 Å². The minimum Gasteiger partial charge on any atom is -0.425 e. The summed E-state index contributed by atoms with van der Waals surface area (Å²) >= 11 is 5.99. The average molecular weight is 319 g/mol. The predicted molar refractivity (Wildman–Crippen MR) is 83.2 cm³/mol. The van der Waals surface area contributed by atoms with Crippen LogP contribution < -0.4 is 4.74 Å². The van der Waals surface area contributed by atoms with Crippen molar-refractivity contribution in [3.8, 4) is 5.75 Å². The maximum Gasteiger partial charge on any atom is 0.337 e. The van der Waals surface area contributed by atoms with Crippen molar-refractivity contribution >= 4 is 23.4 Å². The van der Waals surface area contributed by atoms with E-state index in [4.69, 9.17) is 21.1 Å². The Hall–Kier alpha value is -2.17. The van der Waals surface area contributed by atoms with Gasteiger partial charge in [-0.1, -0.05) is 41.9 Å². The molecule has 0 heterocycles. The van der Waals surface area contributed by atoms with Gasteiger partial charge in [-0.25, -0.2) is 4.79 Å². The van der Waals surface area contributed by atoms with Crippen molar-refractivity contribution in [2.24, 2.45) is 0 Å². The largest absolute Gasteiger partial charge is 0.425 e. The van der Waals surface area contributed by atoms with Gasteiger partial charge in [-0.2, -0.15) is 0 Å². The van der Waals surface area contributed by atoms with Gasteiger partial charge in [0.05, 0.1) is 6.61 Å². The van der Waals surface area contributed by atoms with Crippen molar-refractivity contribution in [3.63, 3.8) is 0 Å². The van der Waals surface area contributed by atoms with E-state index in [1.165, 1.54) is 13.0 Å². The summed E-state index contributed by atoms with van der Waals surface area (Å²) in [7, 11) is 0. The number of esters is 1. The third-order valence-corrected chi connectivity index (χ3v) is 3.28. The van der Waals surface area contributed by atoms with Crippen LogP contribution in [0.25, 0.3) is 0 Å². The first kappa shape index (κ1) is 16.2. The van der Waals surface area contributed by atoms with Crippen molar-refractivity contribution in [2.75, 3.05) is 6.61 Å². The van der Waals surface area contributed by atoms with Crippen LogP contribution in [-0.2, 0) is 16.1 Å². The van der Waals surface area contributed by atoms with Crippen LogP contribution in [0.1, 0.15) is 22.8 Å². The zero-order chi connectivity index (χ0) is 15.9. The van der Waals surface area contributed by atoms with Crippen molar-refractivity contribution in [1.82, 2.24) is 0 Å². The van der Waals surface area contributed by atoms with Crippen molar-refractivity contribution in [1.29, 1.82) is 0 Å². The quantitative estimate of drug-likeness (QED) is 0.463. The molecule has 22 heavy (non-hydrogen) atoms. The van der Waals surface area contributed by atoms with E-state index < -0.39 is 5.97 Å². The van der Waals surface area contributed by atoms with E-state index in [1.807, 2.05) is 18.2 Å². The number of carbonyl (C=O) groups excluding carboxylic acids is 2. The van der Waals surface area contributed by atoms with E-state index in [2.05, 4.69) is 0 Å². The van der Waals surface area contributed by atoms with Gasteiger partial charge in [0.2, 0.25) is 0 Å². The lowest BCUT2D eigenvalue weighted by Crippen LogP contribution is -2.15. The molecule has 2 aromatic rings. The van der Waals surface area contributed by atoms with Gasteiger partial charge < -0.3 is 9.47 Å². The highest BCUT2D eigenvalue weighted by atomic mass is 35.5. The van der Waals surface area contributed by atoms with Crippen LogP contribution in [0.2, 0.25) is 5.02 Å². The number of halogens is 1. The van der Waals surface area contributed by atoms with Crippen molar-refractivity contribution in [3.05, 3.63) is 64.7 Å². The van der Waals surface area contributed by atoms with E-state index in [0.717, 1.165) is 5.56 Å². The number of hydrogen-bond acceptors (Lipinski definition) is 4. The molecule has 5 heteroatoms. The minimum absolute atomic E-state index is 0.0899. The number of ketones is 1. The molecule has 0 atom stereocenters. The summed E-state index contributed by atoms with van der Waals surface area (Å²) in [6.45, 7) is 1.48. The fraction of sp³-hybridized carbons (Fsp3) is 0.176. The molecule has 2 rings (SSSR count). The number of benzene rings is 2. The molecule has 0 aliphatic rings. The van der Waals surface area contributed by atoms with E-state index in [-0.39, 0.29) is 19.0 Å². The Morgan fingerprint density at radius 2 is 1.86 bits per heavy atom. The standard InChI is InChI=1S/C17H15ClO4/c1-12(19)13-6-4-7-15(9-13)22-17(20)11-21-10-14-5-2-3-8-16(14)18/h2-9H,10-11H2,1H3. The van der Waals surface area contributed by atoms with Crippen molar-refractivity contribution < 1.29 is 19.1 Å². The van der Waals surface area contributed by atoms with Gasteiger partial charge in [0.25, 0.3) is 0 Å². The SMILES string of the molecule is CC(=O)c1cccc(OC(=O)COCc2ccccc2Cl)c1. The zero-order valence-electron chi connectivity index (χ0n) is 12.0. The minimum atomic E-state index is -0.534. The zero-order valence-corrected chi connectivity index (χ0v) is 12.8. The van der Waals surface area contributed by atoms with Gasteiger partial charge in [0, 0.05) is 10.6 Å². The lowest BCUT2D eigenvalue weighted by molar-refractivity contribution is -0.139. The molecule has 0 saturated heterocycles. The van der Waals surface area contributed by atoms with E-state index in [0.29, 0.717) is 16.3 Å². The number of hydrogen-bond donors (Lipinski definition) is 0. The molecule has 0 aromatic heterocycles. The Morgan fingerprint density at radius 3 is 2.59 bits per heavy atom. The highest BCUT2D eigenvalue weighted by Gasteiger charge is 2.08. The van der Waals surface area contributed by atoms with Crippen LogP contribution in [0.3, 0.4) is 0 Å². The summed E-state index contributed by atoms with van der Waals surface area (Å²) in [6.07, 6.45) is 0. The fourth-order valence-corrected chi connectivity index (χ4v) is 1.99. The maximum atomic E-state index is 11.7. The van der Waals surface area contributed by atoms with Gasteiger partial charge in [-0.15, -0.1) is 0 Å². The van der Waals surface area contributed by atoms with Crippen LogP contribution in [0.5, 0.6) is 5.75 Å². The summed E-state index contributed by atoms with van der Waals surface area (Å²) < 4.78 is 10.4. The molecule has 0 radical (unpaired) electrons. The molecule has 2 aromatic carbocycles. The van der Waals surface area contributed by atoms with Crippen LogP contribution in [0.15, 0.2) is 48.5 Å². The lowest BCUT2D eigenvalue weighted by Gasteiger charge is -2.07. The number of ether oxygens (including phenoxy) is 2. The molecule has 0 unspecified atom stereocenters. The van der Waals surface area contributed by atoms with E-state index in [9.17, 15) is 9.59 Å². The third kappa shape index (κ3) is 4.69. The summed E-state index contributed by atoms with van der Waals surface area (Å²) in [5, 5.41) is 0.588. The van der Waals surface area contributed by atoms with Crippen LogP contribution in [0.4, 0.5) is 0 Å². The van der Waals surface area contributed by atoms with Crippen molar-refractivity contribution in [2.45, 2.75) is 13.5 Å². The number of rotatable bonds is 6. The molecule has 0 spiro atoms. The monoisotopic (exact) mass is 318 g/mol. The van der Waals surface area contributed by atoms with Crippen LogP contribution in [0, 0.1) is 0 Å². The van der Waals surface area contributed by atoms with E-state index in [1.54, 1.807) is 24.3 Å². The second kappa shape index (κ2) is 7.73. The summed E-state index contributed by atoms with van der Waals surface area (Å²) in [5.74, 6) is -0.306. The number of Topliss-reactive ketones (excluding diaryl/α,β-unsaturated/α-hetero) is 1. The van der Waals surface area contributed by atoms with E-state index >= 15 is 0 Å². The normalized spacial score (nSPS) is 10.3. The molecule has 4 nitrogen and oxygen atoms in total. The predicted octanol–water partition coefficient (Wildman–Crippen LogP) is 3.66. The Morgan fingerprint density at radius 1 is 1.09 bits per heavy atom. The average Bonchev–Trinajstić information content (AvgIpc) is 2.49. The Balaban J connectivity index is 1.84. The van der Waals surface area contributed by atoms with Crippen LogP contribution >= 0.6 is 11.6 Å². The third-order valence-electron chi connectivity index (χ3n) is 2.91. The molecule has 0 fully saturated rings. The molecule has 0 amide bonds. The van der Waals surface area contributed by atoms with Gasteiger partial charge in [-0.3, -0.25) is 4.79 Å². The smallest absolute Gasteiger partial charge is 0.337 e. The number of carbonyl (C=O) groups is 2. The molecule has 0 aliphatic heterocycles. The van der Waals surface area contributed by atoms with Gasteiger partial charge >= 0.3 is 5.97 Å². The Kier molecular flexibility index (Phi) is 5.69. The second-order valence-electron chi connectivity index (χ2n) is 4.64. The van der Waals surface area contributed by atoms with Gasteiger partial charge in [0.15, 0.2) is 5.78 Å². The molecule has 0 saturated carbocycles. The van der Waals surface area contributed by atoms with Gasteiger partial charge in [0.1, 0.15) is 12.4 Å². The first-order valence-electron chi connectivity index (χ1n) is 6.69. The fourth-order valence-electron chi connectivity index (χ4n) is 1.80. The molecule has 0 bridgehead atoms. The molecular weight excluding hydrogens is 304 g/mol. The molecule has 0 N–H and O–H groups in total. The first-order chi connectivity index (χ1) is 10.6. The highest BCUT2D eigenvalue weighted by Crippen LogP contribution is 2.16. The lowest BCUT2D eigenvalue weighted by atomic mass is 10.1. The molecule has 114 valence electrons. The summed E-state index contributed by atoms with van der Waals surface area (Å²) in [5.41, 5.74) is 1.29. The molecular formula is C17H15ClO4.